The number of guanidine groups is 1. The van der Waals surface area contributed by atoms with Crippen LogP contribution >= 0.6 is 11.6 Å². The second-order valence-corrected chi connectivity index (χ2v) is 6.21. The van der Waals surface area contributed by atoms with Crippen LogP contribution in [0, 0.1) is 0 Å². The number of hydrogen-bond donors (Lipinski definition) is 2. The Balaban J connectivity index is 1.76. The molecule has 0 amide bonds. The van der Waals surface area contributed by atoms with Crippen molar-refractivity contribution >= 4 is 17.6 Å². The number of methoxy groups -OCH3 is 2. The summed E-state index contributed by atoms with van der Waals surface area (Å²) in [5.74, 6) is 2.22. The predicted molar refractivity (Wildman–Crippen MR) is 108 cm³/mol. The average molecular weight is 376 g/mol. The highest BCUT2D eigenvalue weighted by Crippen LogP contribution is 2.27. The Morgan fingerprint density at radius 1 is 0.962 bits per heavy atom. The lowest BCUT2D eigenvalue weighted by atomic mass is 10.1. The maximum Gasteiger partial charge on any atom is 0.191 e. The molecule has 0 aliphatic carbocycles. The Hall–Kier alpha value is -2.40. The van der Waals surface area contributed by atoms with Gasteiger partial charge in [0.05, 0.1) is 14.2 Å². The third-order valence-corrected chi connectivity index (χ3v) is 4.23. The highest BCUT2D eigenvalue weighted by atomic mass is 35.5. The number of nitrogens with zero attached hydrogens (tertiary/aromatic N) is 1. The summed E-state index contributed by atoms with van der Waals surface area (Å²) < 4.78 is 10.6. The molecule has 0 fully saturated rings. The van der Waals surface area contributed by atoms with Crippen LogP contribution in [-0.2, 0) is 13.0 Å². The molecule has 0 saturated heterocycles. The van der Waals surface area contributed by atoms with E-state index >= 15 is 0 Å². The molecule has 0 saturated carbocycles. The van der Waals surface area contributed by atoms with E-state index in [1.54, 1.807) is 21.3 Å². The lowest BCUT2D eigenvalue weighted by Gasteiger charge is -2.13. The summed E-state index contributed by atoms with van der Waals surface area (Å²) in [6.45, 7) is 1.49. The van der Waals surface area contributed by atoms with E-state index in [9.17, 15) is 0 Å². The SMILES string of the molecule is CN=C(NCCCc1ccc(Cl)cc1)NCc1ccc(OC)c(OC)c1. The van der Waals surface area contributed by atoms with E-state index < -0.39 is 0 Å². The Bertz CT molecular complexity index is 717. The van der Waals surface area contributed by atoms with Crippen molar-refractivity contribution in [2.24, 2.45) is 4.99 Å². The fourth-order valence-electron chi connectivity index (χ4n) is 2.55. The molecule has 2 aromatic rings. The van der Waals surface area contributed by atoms with Gasteiger partial charge in [-0.2, -0.15) is 0 Å². The summed E-state index contributed by atoms with van der Waals surface area (Å²) >= 11 is 5.90. The normalized spacial score (nSPS) is 11.2. The fourth-order valence-corrected chi connectivity index (χ4v) is 2.67. The van der Waals surface area contributed by atoms with Gasteiger partial charge in [-0.05, 0) is 48.2 Å². The van der Waals surface area contributed by atoms with Crippen molar-refractivity contribution in [3.05, 3.63) is 58.6 Å². The van der Waals surface area contributed by atoms with E-state index in [2.05, 4.69) is 27.8 Å². The van der Waals surface area contributed by atoms with Crippen LogP contribution in [0.4, 0.5) is 0 Å². The third kappa shape index (κ3) is 6.15. The first kappa shape index (κ1) is 19.9. The quantitative estimate of drug-likeness (QED) is 0.420. The zero-order valence-corrected chi connectivity index (χ0v) is 16.3. The van der Waals surface area contributed by atoms with Crippen molar-refractivity contribution in [1.82, 2.24) is 10.6 Å². The number of rotatable bonds is 8. The second-order valence-electron chi connectivity index (χ2n) is 5.77. The molecule has 5 nitrogen and oxygen atoms in total. The Labute approximate surface area is 160 Å². The Kier molecular flexibility index (Phi) is 8.09. The lowest BCUT2D eigenvalue weighted by Crippen LogP contribution is -2.37. The van der Waals surface area contributed by atoms with Crippen LogP contribution in [-0.4, -0.2) is 33.8 Å². The average Bonchev–Trinajstić information content (AvgIpc) is 2.68. The van der Waals surface area contributed by atoms with Gasteiger partial charge in [0.1, 0.15) is 0 Å². The van der Waals surface area contributed by atoms with Crippen LogP contribution < -0.4 is 20.1 Å². The summed E-state index contributed by atoms with van der Waals surface area (Å²) in [6, 6.07) is 13.8. The van der Waals surface area contributed by atoms with E-state index in [0.717, 1.165) is 47.4 Å². The molecule has 0 aliphatic rings. The monoisotopic (exact) mass is 375 g/mol. The van der Waals surface area contributed by atoms with Gasteiger partial charge in [-0.1, -0.05) is 29.8 Å². The first-order chi connectivity index (χ1) is 12.7. The molecular formula is C20H26ClN3O2. The molecule has 26 heavy (non-hydrogen) atoms. The zero-order chi connectivity index (χ0) is 18.8. The van der Waals surface area contributed by atoms with Crippen molar-refractivity contribution < 1.29 is 9.47 Å². The van der Waals surface area contributed by atoms with Crippen LogP contribution in [0.5, 0.6) is 11.5 Å². The van der Waals surface area contributed by atoms with Gasteiger partial charge in [0.25, 0.3) is 0 Å². The largest absolute Gasteiger partial charge is 0.493 e. The van der Waals surface area contributed by atoms with Gasteiger partial charge in [-0.25, -0.2) is 0 Å². The van der Waals surface area contributed by atoms with Crippen molar-refractivity contribution in [1.29, 1.82) is 0 Å². The third-order valence-electron chi connectivity index (χ3n) is 3.98. The number of nitrogens with one attached hydrogen (secondary N) is 2. The zero-order valence-electron chi connectivity index (χ0n) is 15.5. The Morgan fingerprint density at radius 3 is 2.31 bits per heavy atom. The van der Waals surface area contributed by atoms with E-state index in [4.69, 9.17) is 21.1 Å². The van der Waals surface area contributed by atoms with Gasteiger partial charge in [-0.15, -0.1) is 0 Å². The second kappa shape index (κ2) is 10.6. The highest BCUT2D eigenvalue weighted by Gasteiger charge is 2.05. The molecule has 2 rings (SSSR count). The molecule has 0 bridgehead atoms. The van der Waals surface area contributed by atoms with Gasteiger partial charge >= 0.3 is 0 Å². The molecular weight excluding hydrogens is 350 g/mol. The molecule has 0 heterocycles. The molecule has 140 valence electrons. The van der Waals surface area contributed by atoms with Gasteiger partial charge in [0.2, 0.25) is 0 Å². The minimum absolute atomic E-state index is 0.650. The summed E-state index contributed by atoms with van der Waals surface area (Å²) in [7, 11) is 5.03. The first-order valence-corrected chi connectivity index (χ1v) is 8.94. The number of aliphatic imine (C=N–C) groups is 1. The van der Waals surface area contributed by atoms with Gasteiger partial charge < -0.3 is 20.1 Å². The lowest BCUT2D eigenvalue weighted by molar-refractivity contribution is 0.354. The van der Waals surface area contributed by atoms with Gasteiger partial charge in [-0.3, -0.25) is 4.99 Å². The molecule has 0 spiro atoms. The molecule has 0 aliphatic heterocycles. The van der Waals surface area contributed by atoms with Gasteiger partial charge in [0, 0.05) is 25.2 Å². The minimum atomic E-state index is 0.650. The number of ether oxygens (including phenoxy) is 2. The van der Waals surface area contributed by atoms with E-state index in [0.29, 0.717) is 6.54 Å². The summed E-state index contributed by atoms with van der Waals surface area (Å²) in [4.78, 5) is 4.26. The number of halogens is 1. The number of aryl methyl sites for hydroxylation is 1. The van der Waals surface area contributed by atoms with E-state index in [1.807, 2.05) is 30.3 Å². The number of benzene rings is 2. The smallest absolute Gasteiger partial charge is 0.191 e. The Morgan fingerprint density at radius 2 is 1.65 bits per heavy atom. The van der Waals surface area contributed by atoms with Crippen molar-refractivity contribution in [3.8, 4) is 11.5 Å². The minimum Gasteiger partial charge on any atom is -0.493 e. The molecule has 6 heteroatoms. The predicted octanol–water partition coefficient (Wildman–Crippen LogP) is 3.66. The molecule has 0 unspecified atom stereocenters. The fraction of sp³-hybridized carbons (Fsp3) is 0.350. The van der Waals surface area contributed by atoms with Crippen LogP contribution in [0.2, 0.25) is 5.02 Å². The summed E-state index contributed by atoms with van der Waals surface area (Å²) in [5, 5.41) is 7.41. The van der Waals surface area contributed by atoms with Crippen molar-refractivity contribution in [3.63, 3.8) is 0 Å². The first-order valence-electron chi connectivity index (χ1n) is 8.56. The van der Waals surface area contributed by atoms with Crippen molar-refractivity contribution in [2.45, 2.75) is 19.4 Å². The summed E-state index contributed by atoms with van der Waals surface area (Å²) in [6.07, 6.45) is 2.01. The topological polar surface area (TPSA) is 54.9 Å². The number of hydrogen-bond acceptors (Lipinski definition) is 3. The molecule has 0 radical (unpaired) electrons. The molecule has 0 atom stereocenters. The van der Waals surface area contributed by atoms with Gasteiger partial charge in [0.15, 0.2) is 17.5 Å². The molecule has 2 aromatic carbocycles. The molecule has 0 aromatic heterocycles. The van der Waals surface area contributed by atoms with Crippen LogP contribution in [0.1, 0.15) is 17.5 Å². The van der Waals surface area contributed by atoms with Crippen LogP contribution in [0.15, 0.2) is 47.5 Å². The highest BCUT2D eigenvalue weighted by molar-refractivity contribution is 6.30. The van der Waals surface area contributed by atoms with Crippen LogP contribution in [0.3, 0.4) is 0 Å². The van der Waals surface area contributed by atoms with Crippen LogP contribution in [0.25, 0.3) is 0 Å². The van der Waals surface area contributed by atoms with E-state index in [-0.39, 0.29) is 0 Å². The maximum absolute atomic E-state index is 5.90. The maximum atomic E-state index is 5.90. The van der Waals surface area contributed by atoms with Crippen molar-refractivity contribution in [2.75, 3.05) is 27.8 Å². The molecule has 2 N–H and O–H groups in total. The van der Waals surface area contributed by atoms with E-state index in [1.165, 1.54) is 5.56 Å². The summed E-state index contributed by atoms with van der Waals surface area (Å²) in [5.41, 5.74) is 2.37. The standard InChI is InChI=1S/C20H26ClN3O2/c1-22-20(23-12-4-5-15-6-9-17(21)10-7-15)24-14-16-8-11-18(25-2)19(13-16)26-3/h6-11,13H,4-5,12,14H2,1-3H3,(H2,22,23,24).